The first-order chi connectivity index (χ1) is 8.63. The van der Waals surface area contributed by atoms with Crippen molar-refractivity contribution in [2.24, 2.45) is 0 Å². The van der Waals surface area contributed by atoms with Gasteiger partial charge in [0, 0.05) is 17.3 Å². The molecule has 2 N–H and O–H groups in total. The lowest BCUT2D eigenvalue weighted by Gasteiger charge is -2.09. The molecule has 1 aromatic heterocycles. The van der Waals surface area contributed by atoms with E-state index < -0.39 is 11.8 Å². The molecule has 0 fully saturated rings. The molecule has 0 saturated carbocycles. The van der Waals surface area contributed by atoms with Crippen molar-refractivity contribution in [3.05, 3.63) is 47.9 Å². The Morgan fingerprint density at radius 2 is 2.06 bits per heavy atom. The van der Waals surface area contributed by atoms with Crippen molar-refractivity contribution in [1.29, 1.82) is 0 Å². The summed E-state index contributed by atoms with van der Waals surface area (Å²) in [6, 6.07) is 7.49. The van der Waals surface area contributed by atoms with Gasteiger partial charge in [-0.15, -0.1) is 0 Å². The monoisotopic (exact) mass is 246 g/mol. The minimum atomic E-state index is -0.581. The third-order valence-corrected chi connectivity index (χ3v) is 2.49. The minimum Gasteiger partial charge on any atom is -0.465 e. The summed E-state index contributed by atoms with van der Waals surface area (Å²) < 4.78 is 18.4. The van der Waals surface area contributed by atoms with E-state index in [1.54, 1.807) is 18.2 Å². The molecule has 2 aromatic rings. The van der Waals surface area contributed by atoms with E-state index >= 15 is 0 Å². The number of hydrogen-bond acceptors (Lipinski definition) is 4. The first kappa shape index (κ1) is 12.0. The Bertz CT molecular complexity index is 599. The number of aromatic nitrogens is 1. The van der Waals surface area contributed by atoms with Crippen LogP contribution in [0.5, 0.6) is 0 Å². The average molecular weight is 246 g/mol. The number of pyridine rings is 1. The number of hydrogen-bond donors (Lipinski definition) is 1. The van der Waals surface area contributed by atoms with E-state index in [9.17, 15) is 9.18 Å². The third-order valence-electron chi connectivity index (χ3n) is 2.49. The van der Waals surface area contributed by atoms with Crippen LogP contribution in [0.15, 0.2) is 36.5 Å². The number of nitrogens with zero attached hydrogens (tertiary/aromatic N) is 1. The fourth-order valence-electron chi connectivity index (χ4n) is 1.64. The van der Waals surface area contributed by atoms with Crippen molar-refractivity contribution < 1.29 is 13.9 Å². The molecular weight excluding hydrogens is 235 g/mol. The lowest BCUT2D eigenvalue weighted by atomic mass is 10.0. The van der Waals surface area contributed by atoms with Crippen molar-refractivity contribution in [3.8, 4) is 11.1 Å². The molecule has 0 aliphatic heterocycles. The van der Waals surface area contributed by atoms with Gasteiger partial charge in [0.2, 0.25) is 0 Å². The maximum absolute atomic E-state index is 13.7. The van der Waals surface area contributed by atoms with Gasteiger partial charge in [0.25, 0.3) is 0 Å². The zero-order valence-electron chi connectivity index (χ0n) is 9.68. The molecule has 4 nitrogen and oxygen atoms in total. The molecule has 0 aliphatic carbocycles. The van der Waals surface area contributed by atoms with Crippen LogP contribution in [0.2, 0.25) is 0 Å². The summed E-state index contributed by atoms with van der Waals surface area (Å²) in [6.07, 6.45) is 1.36. The number of methoxy groups -OCH3 is 1. The number of esters is 1. The number of benzene rings is 1. The molecule has 1 heterocycles. The lowest BCUT2D eigenvalue weighted by Crippen LogP contribution is -2.06. The Labute approximate surface area is 103 Å². The van der Waals surface area contributed by atoms with Crippen LogP contribution in [0.3, 0.4) is 0 Å². The molecule has 0 atom stereocenters. The summed E-state index contributed by atoms with van der Waals surface area (Å²) >= 11 is 0. The summed E-state index contributed by atoms with van der Waals surface area (Å²) in [5.41, 5.74) is 6.35. The van der Waals surface area contributed by atoms with Crippen molar-refractivity contribution >= 4 is 11.8 Å². The number of carbonyl (C=O) groups is 1. The number of rotatable bonds is 2. The molecule has 0 bridgehead atoms. The smallest absolute Gasteiger partial charge is 0.338 e. The SMILES string of the molecule is COC(=O)c1cc(N)ncc1-c1ccccc1F. The number of carbonyl (C=O) groups excluding carboxylic acids is 1. The number of anilines is 1. The maximum Gasteiger partial charge on any atom is 0.338 e. The third kappa shape index (κ3) is 2.15. The van der Waals surface area contributed by atoms with Crippen LogP contribution in [0, 0.1) is 5.82 Å². The fraction of sp³-hybridized carbons (Fsp3) is 0.0769. The molecule has 0 radical (unpaired) electrons. The molecule has 92 valence electrons. The Morgan fingerprint density at radius 3 is 2.72 bits per heavy atom. The lowest BCUT2D eigenvalue weighted by molar-refractivity contribution is 0.0601. The number of halogens is 1. The summed E-state index contributed by atoms with van der Waals surface area (Å²) in [6.45, 7) is 0. The highest BCUT2D eigenvalue weighted by atomic mass is 19.1. The Balaban J connectivity index is 2.64. The zero-order valence-corrected chi connectivity index (χ0v) is 9.68. The summed E-state index contributed by atoms with van der Waals surface area (Å²) in [5.74, 6) is -0.841. The van der Waals surface area contributed by atoms with Gasteiger partial charge < -0.3 is 10.5 Å². The molecule has 5 heteroatoms. The highest BCUT2D eigenvalue weighted by molar-refractivity contribution is 5.97. The zero-order chi connectivity index (χ0) is 13.1. The van der Waals surface area contributed by atoms with Gasteiger partial charge in [0.05, 0.1) is 12.7 Å². The molecule has 0 amide bonds. The van der Waals surface area contributed by atoms with Gasteiger partial charge in [-0.3, -0.25) is 0 Å². The highest BCUT2D eigenvalue weighted by Crippen LogP contribution is 2.27. The van der Waals surface area contributed by atoms with E-state index in [-0.39, 0.29) is 16.9 Å². The summed E-state index contributed by atoms with van der Waals surface area (Å²) in [4.78, 5) is 15.5. The van der Waals surface area contributed by atoms with Gasteiger partial charge in [-0.05, 0) is 12.1 Å². The van der Waals surface area contributed by atoms with E-state index in [1.165, 1.54) is 25.4 Å². The van der Waals surface area contributed by atoms with Crippen molar-refractivity contribution in [3.63, 3.8) is 0 Å². The van der Waals surface area contributed by atoms with Gasteiger partial charge >= 0.3 is 5.97 Å². The van der Waals surface area contributed by atoms with Crippen LogP contribution in [-0.4, -0.2) is 18.1 Å². The van der Waals surface area contributed by atoms with Crippen molar-refractivity contribution in [1.82, 2.24) is 4.98 Å². The Morgan fingerprint density at radius 1 is 1.33 bits per heavy atom. The molecule has 0 aliphatic rings. The second-order valence-electron chi connectivity index (χ2n) is 3.63. The van der Waals surface area contributed by atoms with Crippen LogP contribution >= 0.6 is 0 Å². The van der Waals surface area contributed by atoms with Crippen LogP contribution in [0.4, 0.5) is 10.2 Å². The first-order valence-corrected chi connectivity index (χ1v) is 5.22. The van der Waals surface area contributed by atoms with E-state index in [1.807, 2.05) is 0 Å². The quantitative estimate of drug-likeness (QED) is 0.825. The van der Waals surface area contributed by atoms with E-state index in [0.29, 0.717) is 5.56 Å². The first-order valence-electron chi connectivity index (χ1n) is 5.22. The maximum atomic E-state index is 13.7. The van der Waals surface area contributed by atoms with Gasteiger partial charge in [0.1, 0.15) is 11.6 Å². The summed E-state index contributed by atoms with van der Waals surface area (Å²) in [5, 5.41) is 0. The topological polar surface area (TPSA) is 65.2 Å². The predicted molar refractivity (Wildman–Crippen MR) is 65.4 cm³/mol. The molecule has 0 unspecified atom stereocenters. The van der Waals surface area contributed by atoms with Gasteiger partial charge in [-0.1, -0.05) is 18.2 Å². The number of nitrogens with two attached hydrogens (primary N) is 1. The molecule has 18 heavy (non-hydrogen) atoms. The van der Waals surface area contributed by atoms with Crippen molar-refractivity contribution in [2.45, 2.75) is 0 Å². The number of nitrogen functional groups attached to an aromatic ring is 1. The van der Waals surface area contributed by atoms with Gasteiger partial charge in [0.15, 0.2) is 0 Å². The van der Waals surface area contributed by atoms with Crippen LogP contribution in [0.25, 0.3) is 11.1 Å². The molecule has 1 aromatic carbocycles. The summed E-state index contributed by atoms with van der Waals surface area (Å²) in [7, 11) is 1.25. The van der Waals surface area contributed by atoms with Crippen molar-refractivity contribution in [2.75, 3.05) is 12.8 Å². The second kappa shape index (κ2) is 4.83. The Kier molecular flexibility index (Phi) is 3.23. The predicted octanol–water partition coefficient (Wildman–Crippen LogP) is 2.26. The average Bonchev–Trinajstić information content (AvgIpc) is 2.39. The van der Waals surface area contributed by atoms with Crippen LogP contribution in [-0.2, 0) is 4.74 Å². The standard InChI is InChI=1S/C13H11FN2O2/c1-18-13(17)9-6-12(15)16-7-10(9)8-4-2-3-5-11(8)14/h2-7H,1H3,(H2,15,16). The van der Waals surface area contributed by atoms with Crippen LogP contribution < -0.4 is 5.73 Å². The fourth-order valence-corrected chi connectivity index (χ4v) is 1.64. The molecular formula is C13H11FN2O2. The number of ether oxygens (including phenoxy) is 1. The Hall–Kier alpha value is -2.43. The van der Waals surface area contributed by atoms with Crippen LogP contribution in [0.1, 0.15) is 10.4 Å². The van der Waals surface area contributed by atoms with Gasteiger partial charge in [-0.25, -0.2) is 14.2 Å². The second-order valence-corrected chi connectivity index (χ2v) is 3.63. The minimum absolute atomic E-state index is 0.176. The van der Waals surface area contributed by atoms with E-state index in [4.69, 9.17) is 5.73 Å². The normalized spacial score (nSPS) is 10.1. The highest BCUT2D eigenvalue weighted by Gasteiger charge is 2.16. The van der Waals surface area contributed by atoms with E-state index in [0.717, 1.165) is 0 Å². The molecule has 0 spiro atoms. The molecule has 2 rings (SSSR count). The molecule has 0 saturated heterocycles. The van der Waals surface area contributed by atoms with Gasteiger partial charge in [-0.2, -0.15) is 0 Å². The largest absolute Gasteiger partial charge is 0.465 e. The van der Waals surface area contributed by atoms with E-state index in [2.05, 4.69) is 9.72 Å².